The number of thiophene rings is 1. The molecule has 0 bridgehead atoms. The highest BCUT2D eigenvalue weighted by molar-refractivity contribution is 7.80. The molecule has 0 fully saturated rings. The number of oxazole rings is 1. The van der Waals surface area contributed by atoms with Crippen molar-refractivity contribution in [2.45, 2.75) is 6.92 Å². The van der Waals surface area contributed by atoms with Gasteiger partial charge in [0.2, 0.25) is 5.89 Å². The summed E-state index contributed by atoms with van der Waals surface area (Å²) in [4.78, 5) is 17.3. The number of methoxy groups -OCH3 is 1. The van der Waals surface area contributed by atoms with Crippen molar-refractivity contribution in [2.75, 3.05) is 12.4 Å². The number of nitrogens with one attached hydrogen (secondary N) is 2. The van der Waals surface area contributed by atoms with E-state index in [9.17, 15) is 4.79 Å². The first kappa shape index (κ1) is 19.1. The summed E-state index contributed by atoms with van der Waals surface area (Å²) in [6.45, 7) is 1.95. The zero-order valence-electron chi connectivity index (χ0n) is 15.7. The Morgan fingerprint density at radius 1 is 1.21 bits per heavy atom. The molecule has 0 radical (unpaired) electrons. The molecular formula is C21H17N3O3S2. The van der Waals surface area contributed by atoms with Crippen LogP contribution in [0, 0.1) is 6.92 Å². The van der Waals surface area contributed by atoms with Gasteiger partial charge in [-0.3, -0.25) is 10.1 Å². The third-order valence-corrected chi connectivity index (χ3v) is 5.37. The lowest BCUT2D eigenvalue weighted by molar-refractivity contribution is 0.0981. The fourth-order valence-electron chi connectivity index (χ4n) is 2.77. The minimum atomic E-state index is -0.237. The zero-order chi connectivity index (χ0) is 20.4. The number of aryl methyl sites for hydroxylation is 1. The van der Waals surface area contributed by atoms with Gasteiger partial charge in [0.25, 0.3) is 5.91 Å². The number of aromatic nitrogens is 1. The van der Waals surface area contributed by atoms with E-state index in [-0.39, 0.29) is 11.0 Å². The van der Waals surface area contributed by atoms with Gasteiger partial charge >= 0.3 is 0 Å². The summed E-state index contributed by atoms with van der Waals surface area (Å²) in [5.41, 5.74) is 3.92. The average Bonchev–Trinajstić information content (AvgIpc) is 3.38. The summed E-state index contributed by atoms with van der Waals surface area (Å²) in [6.07, 6.45) is 0. The third kappa shape index (κ3) is 4.13. The van der Waals surface area contributed by atoms with Crippen molar-refractivity contribution in [2.24, 2.45) is 0 Å². The number of ether oxygens (including phenoxy) is 1. The van der Waals surface area contributed by atoms with Crippen molar-refractivity contribution in [3.05, 3.63) is 64.4 Å². The molecule has 8 heteroatoms. The molecule has 0 aliphatic carbocycles. The Hall–Kier alpha value is -3.23. The lowest BCUT2D eigenvalue weighted by Gasteiger charge is -2.12. The molecule has 4 rings (SSSR count). The number of amides is 1. The second kappa shape index (κ2) is 8.02. The number of hydrogen-bond donors (Lipinski definition) is 2. The summed E-state index contributed by atoms with van der Waals surface area (Å²) < 4.78 is 11.1. The standard InChI is InChI=1S/C21H17N3O3S2/c1-12-5-6-13(20-22-16-11-14(26-2)7-8-17(16)27-20)10-15(12)23-21(28)24-19(25)18-4-3-9-29-18/h3-11H,1-2H3,(H2,23,24,25,28). The molecule has 0 saturated heterocycles. The summed E-state index contributed by atoms with van der Waals surface area (Å²) in [7, 11) is 1.61. The maximum absolute atomic E-state index is 12.2. The zero-order valence-corrected chi connectivity index (χ0v) is 17.3. The molecule has 4 aromatic rings. The van der Waals surface area contributed by atoms with Crippen molar-refractivity contribution < 1.29 is 13.9 Å². The molecule has 0 aliphatic heterocycles. The van der Waals surface area contributed by atoms with Crippen molar-refractivity contribution in [3.8, 4) is 17.2 Å². The first-order chi connectivity index (χ1) is 14.0. The van der Waals surface area contributed by atoms with Crippen LogP contribution in [0.2, 0.25) is 0 Å². The Morgan fingerprint density at radius 2 is 2.07 bits per heavy atom. The Morgan fingerprint density at radius 3 is 2.83 bits per heavy atom. The van der Waals surface area contributed by atoms with E-state index >= 15 is 0 Å². The van der Waals surface area contributed by atoms with Crippen molar-refractivity contribution >= 4 is 51.4 Å². The van der Waals surface area contributed by atoms with Gasteiger partial charge in [-0.25, -0.2) is 4.98 Å². The lowest BCUT2D eigenvalue weighted by Crippen LogP contribution is -2.33. The SMILES string of the molecule is COc1ccc2oc(-c3ccc(C)c(NC(=S)NC(=O)c4cccs4)c3)nc2c1. The topological polar surface area (TPSA) is 76.4 Å². The summed E-state index contributed by atoms with van der Waals surface area (Å²) in [5, 5.41) is 7.84. The van der Waals surface area contributed by atoms with E-state index in [1.54, 1.807) is 13.2 Å². The number of nitrogens with zero attached hydrogens (tertiary/aromatic N) is 1. The first-order valence-electron chi connectivity index (χ1n) is 8.75. The van der Waals surface area contributed by atoms with Gasteiger partial charge in [-0.1, -0.05) is 12.1 Å². The normalized spacial score (nSPS) is 10.7. The highest BCUT2D eigenvalue weighted by atomic mass is 32.1. The van der Waals surface area contributed by atoms with Crippen LogP contribution in [0.4, 0.5) is 5.69 Å². The molecule has 2 aromatic carbocycles. The van der Waals surface area contributed by atoms with E-state index in [0.29, 0.717) is 21.9 Å². The highest BCUT2D eigenvalue weighted by Crippen LogP contribution is 2.29. The summed E-state index contributed by atoms with van der Waals surface area (Å²) in [5.74, 6) is 0.972. The number of carbonyl (C=O) groups is 1. The molecule has 0 unspecified atom stereocenters. The number of fused-ring (bicyclic) bond motifs is 1. The first-order valence-corrected chi connectivity index (χ1v) is 10.0. The van der Waals surface area contributed by atoms with Crippen LogP contribution in [0.25, 0.3) is 22.6 Å². The van der Waals surface area contributed by atoms with Gasteiger partial charge < -0.3 is 14.5 Å². The molecule has 6 nitrogen and oxygen atoms in total. The van der Waals surface area contributed by atoms with E-state index in [2.05, 4.69) is 15.6 Å². The van der Waals surface area contributed by atoms with Crippen LogP contribution < -0.4 is 15.4 Å². The molecule has 0 aliphatic rings. The smallest absolute Gasteiger partial charge is 0.267 e. The molecule has 146 valence electrons. The Balaban J connectivity index is 1.56. The van der Waals surface area contributed by atoms with Crippen LogP contribution in [0.5, 0.6) is 5.75 Å². The van der Waals surface area contributed by atoms with Crippen LogP contribution in [-0.4, -0.2) is 23.1 Å². The molecular weight excluding hydrogens is 406 g/mol. The monoisotopic (exact) mass is 423 g/mol. The fourth-order valence-corrected chi connectivity index (χ4v) is 3.60. The third-order valence-electron chi connectivity index (χ3n) is 4.30. The molecule has 1 amide bonds. The van der Waals surface area contributed by atoms with E-state index in [1.165, 1.54) is 11.3 Å². The number of thiocarbonyl (C=S) groups is 1. The van der Waals surface area contributed by atoms with Crippen LogP contribution in [-0.2, 0) is 0 Å². The van der Waals surface area contributed by atoms with Gasteiger partial charge in [-0.05, 0) is 60.4 Å². The molecule has 2 N–H and O–H groups in total. The molecule has 0 spiro atoms. The van der Waals surface area contributed by atoms with Crippen LogP contribution in [0.3, 0.4) is 0 Å². The number of hydrogen-bond acceptors (Lipinski definition) is 6. The minimum absolute atomic E-state index is 0.228. The minimum Gasteiger partial charge on any atom is -0.497 e. The van der Waals surface area contributed by atoms with Crippen LogP contribution in [0.15, 0.2) is 58.3 Å². The molecule has 2 heterocycles. The maximum atomic E-state index is 12.2. The molecule has 29 heavy (non-hydrogen) atoms. The van der Waals surface area contributed by atoms with Crippen molar-refractivity contribution in [3.63, 3.8) is 0 Å². The van der Waals surface area contributed by atoms with E-state index < -0.39 is 0 Å². The van der Waals surface area contributed by atoms with Gasteiger partial charge in [0.05, 0.1) is 12.0 Å². The van der Waals surface area contributed by atoms with E-state index in [4.69, 9.17) is 21.4 Å². The predicted octanol–water partition coefficient (Wildman–Crippen LogP) is 5.00. The maximum Gasteiger partial charge on any atom is 0.267 e. The molecule has 0 atom stereocenters. The number of carbonyl (C=O) groups excluding carboxylic acids is 1. The van der Waals surface area contributed by atoms with E-state index in [0.717, 1.165) is 22.6 Å². The Bertz CT molecular complexity index is 1200. The van der Waals surface area contributed by atoms with Crippen LogP contribution >= 0.6 is 23.6 Å². The van der Waals surface area contributed by atoms with E-state index in [1.807, 2.05) is 54.8 Å². The number of benzene rings is 2. The highest BCUT2D eigenvalue weighted by Gasteiger charge is 2.13. The van der Waals surface area contributed by atoms with Crippen molar-refractivity contribution in [1.82, 2.24) is 10.3 Å². The second-order valence-electron chi connectivity index (χ2n) is 6.27. The summed E-state index contributed by atoms with van der Waals surface area (Å²) in [6, 6.07) is 14.8. The second-order valence-corrected chi connectivity index (χ2v) is 7.62. The van der Waals surface area contributed by atoms with Gasteiger partial charge in [-0.15, -0.1) is 11.3 Å². The quantitative estimate of drug-likeness (QED) is 0.450. The van der Waals surface area contributed by atoms with Gasteiger partial charge in [0.1, 0.15) is 11.3 Å². The number of rotatable bonds is 4. The van der Waals surface area contributed by atoms with Crippen LogP contribution in [0.1, 0.15) is 15.2 Å². The van der Waals surface area contributed by atoms with Gasteiger partial charge in [0.15, 0.2) is 10.7 Å². The fraction of sp³-hybridized carbons (Fsp3) is 0.0952. The Labute approximate surface area is 176 Å². The summed E-state index contributed by atoms with van der Waals surface area (Å²) >= 11 is 6.65. The lowest BCUT2D eigenvalue weighted by atomic mass is 10.1. The molecule has 2 aromatic heterocycles. The average molecular weight is 424 g/mol. The Kier molecular flexibility index (Phi) is 5.28. The largest absolute Gasteiger partial charge is 0.497 e. The number of anilines is 1. The predicted molar refractivity (Wildman–Crippen MR) is 119 cm³/mol. The van der Waals surface area contributed by atoms with Crippen molar-refractivity contribution in [1.29, 1.82) is 0 Å². The van der Waals surface area contributed by atoms with Gasteiger partial charge in [0, 0.05) is 17.3 Å². The van der Waals surface area contributed by atoms with Gasteiger partial charge in [-0.2, -0.15) is 0 Å². The molecule has 0 saturated carbocycles.